The molecule has 10 heteroatoms. The monoisotopic (exact) mass is 361 g/mol. The molecule has 3 rings (SSSR count). The number of thioether (sulfide) groups is 1. The molecule has 0 aliphatic rings. The van der Waals surface area contributed by atoms with E-state index in [9.17, 15) is 4.79 Å². The summed E-state index contributed by atoms with van der Waals surface area (Å²) in [6, 6.07) is 0. The zero-order chi connectivity index (χ0) is 16.8. The van der Waals surface area contributed by atoms with Crippen LogP contribution in [0.15, 0.2) is 29.1 Å². The molecule has 3 aromatic heterocycles. The number of aromatic nitrogens is 6. The molecule has 0 fully saturated rings. The van der Waals surface area contributed by atoms with E-state index in [-0.39, 0.29) is 5.91 Å². The SMILES string of the molecule is Cc1nc(SCC(=O)NCCc2csc(-c3cnccn3)n2)n[nH]1. The second-order valence-electron chi connectivity index (χ2n) is 4.83. The summed E-state index contributed by atoms with van der Waals surface area (Å²) in [6.45, 7) is 2.36. The van der Waals surface area contributed by atoms with E-state index in [4.69, 9.17) is 0 Å². The Hall–Kier alpha value is -2.33. The van der Waals surface area contributed by atoms with Gasteiger partial charge in [-0.3, -0.25) is 19.9 Å². The number of carbonyl (C=O) groups is 1. The summed E-state index contributed by atoms with van der Waals surface area (Å²) in [5.41, 5.74) is 1.69. The maximum Gasteiger partial charge on any atom is 0.230 e. The van der Waals surface area contributed by atoms with E-state index < -0.39 is 0 Å². The van der Waals surface area contributed by atoms with Crippen LogP contribution in [0.4, 0.5) is 0 Å². The molecule has 3 aromatic rings. The minimum Gasteiger partial charge on any atom is -0.355 e. The second kappa shape index (κ2) is 7.97. The molecule has 124 valence electrons. The van der Waals surface area contributed by atoms with Crippen LogP contribution in [0.25, 0.3) is 10.7 Å². The van der Waals surface area contributed by atoms with Crippen LogP contribution in [0.3, 0.4) is 0 Å². The van der Waals surface area contributed by atoms with Gasteiger partial charge in [0.1, 0.15) is 16.5 Å². The van der Waals surface area contributed by atoms with Gasteiger partial charge in [0.05, 0.1) is 17.6 Å². The lowest BCUT2D eigenvalue weighted by molar-refractivity contribution is -0.118. The summed E-state index contributed by atoms with van der Waals surface area (Å²) < 4.78 is 0. The quantitative estimate of drug-likeness (QED) is 0.613. The van der Waals surface area contributed by atoms with Crippen molar-refractivity contribution in [2.75, 3.05) is 12.3 Å². The third-order valence-electron chi connectivity index (χ3n) is 2.95. The third-order valence-corrected chi connectivity index (χ3v) is 4.71. The predicted octanol–water partition coefficient (Wildman–Crippen LogP) is 1.48. The van der Waals surface area contributed by atoms with Gasteiger partial charge in [0.25, 0.3) is 0 Å². The normalized spacial score (nSPS) is 10.7. The van der Waals surface area contributed by atoms with Crippen LogP contribution in [0.5, 0.6) is 0 Å². The standard InChI is InChI=1S/C14H15N7OS2/c1-9-18-14(21-20-9)24-8-12(22)17-3-2-10-7-23-13(19-10)11-6-15-4-5-16-11/h4-7H,2-3,8H2,1H3,(H,17,22)(H,18,20,21). The van der Waals surface area contributed by atoms with Crippen molar-refractivity contribution in [3.8, 4) is 10.7 Å². The Morgan fingerprint density at radius 1 is 1.38 bits per heavy atom. The molecule has 0 saturated heterocycles. The minimum absolute atomic E-state index is 0.0492. The first-order valence-corrected chi connectivity index (χ1v) is 9.06. The molecule has 1 amide bonds. The van der Waals surface area contributed by atoms with Crippen LogP contribution >= 0.6 is 23.1 Å². The number of aryl methyl sites for hydroxylation is 1. The maximum absolute atomic E-state index is 11.8. The fourth-order valence-corrected chi connectivity index (χ4v) is 3.34. The van der Waals surface area contributed by atoms with E-state index in [1.165, 1.54) is 23.1 Å². The molecular formula is C14H15N7OS2. The van der Waals surface area contributed by atoms with Crippen LogP contribution in [0.2, 0.25) is 0 Å². The van der Waals surface area contributed by atoms with Crippen molar-refractivity contribution in [1.82, 2.24) is 35.5 Å². The maximum atomic E-state index is 11.8. The second-order valence-corrected chi connectivity index (χ2v) is 6.63. The average molecular weight is 361 g/mol. The highest BCUT2D eigenvalue weighted by molar-refractivity contribution is 7.99. The number of aromatic amines is 1. The highest BCUT2D eigenvalue weighted by atomic mass is 32.2. The lowest BCUT2D eigenvalue weighted by atomic mass is 10.3. The van der Waals surface area contributed by atoms with Crippen LogP contribution in [-0.2, 0) is 11.2 Å². The summed E-state index contributed by atoms with van der Waals surface area (Å²) in [5, 5.41) is 13.0. The van der Waals surface area contributed by atoms with Gasteiger partial charge in [-0.25, -0.2) is 9.97 Å². The molecule has 2 N–H and O–H groups in total. The smallest absolute Gasteiger partial charge is 0.230 e. The molecule has 0 aromatic carbocycles. The van der Waals surface area contributed by atoms with Gasteiger partial charge in [-0.15, -0.1) is 16.4 Å². The Kier molecular flexibility index (Phi) is 5.49. The third kappa shape index (κ3) is 4.59. The lowest BCUT2D eigenvalue weighted by Crippen LogP contribution is -2.27. The van der Waals surface area contributed by atoms with Gasteiger partial charge in [-0.2, -0.15) is 0 Å². The Morgan fingerprint density at radius 3 is 3.04 bits per heavy atom. The molecule has 24 heavy (non-hydrogen) atoms. The fraction of sp³-hybridized carbons (Fsp3) is 0.286. The minimum atomic E-state index is -0.0492. The van der Waals surface area contributed by atoms with Gasteiger partial charge in [-0.05, 0) is 6.92 Å². The number of hydrogen-bond acceptors (Lipinski definition) is 8. The molecule has 0 atom stereocenters. The summed E-state index contributed by atoms with van der Waals surface area (Å²) >= 11 is 2.82. The highest BCUT2D eigenvalue weighted by Crippen LogP contribution is 2.20. The summed E-state index contributed by atoms with van der Waals surface area (Å²) in [7, 11) is 0. The number of nitrogens with zero attached hydrogens (tertiary/aromatic N) is 5. The van der Waals surface area contributed by atoms with Crippen LogP contribution in [-0.4, -0.2) is 48.3 Å². The molecule has 0 radical (unpaired) electrons. The van der Waals surface area contributed by atoms with Crippen molar-refractivity contribution in [3.63, 3.8) is 0 Å². The first-order valence-electron chi connectivity index (χ1n) is 7.20. The lowest BCUT2D eigenvalue weighted by Gasteiger charge is -2.02. The van der Waals surface area contributed by atoms with Crippen LogP contribution < -0.4 is 5.32 Å². The first kappa shape index (κ1) is 16.5. The average Bonchev–Trinajstić information content (AvgIpc) is 3.23. The van der Waals surface area contributed by atoms with Crippen LogP contribution in [0.1, 0.15) is 11.5 Å². The van der Waals surface area contributed by atoms with Crippen molar-refractivity contribution in [3.05, 3.63) is 35.5 Å². The number of thiazole rings is 1. The number of nitrogens with one attached hydrogen (secondary N) is 2. The zero-order valence-corrected chi connectivity index (χ0v) is 14.5. The number of hydrogen-bond donors (Lipinski definition) is 2. The number of H-pyrrole nitrogens is 1. The van der Waals surface area contributed by atoms with Gasteiger partial charge in [0, 0.05) is 30.7 Å². The van der Waals surface area contributed by atoms with Crippen molar-refractivity contribution in [1.29, 1.82) is 0 Å². The molecule has 8 nitrogen and oxygen atoms in total. The Bertz CT molecular complexity index is 802. The topological polar surface area (TPSA) is 109 Å². The number of rotatable bonds is 7. The van der Waals surface area contributed by atoms with Crippen LogP contribution in [0, 0.1) is 6.92 Å². The molecule has 0 aliphatic carbocycles. The van der Waals surface area contributed by atoms with E-state index in [1.807, 2.05) is 12.3 Å². The molecule has 0 unspecified atom stereocenters. The number of carbonyl (C=O) groups excluding carboxylic acids is 1. The summed E-state index contributed by atoms with van der Waals surface area (Å²) in [4.78, 5) is 28.7. The first-order chi connectivity index (χ1) is 11.7. The van der Waals surface area contributed by atoms with Gasteiger partial charge in [-0.1, -0.05) is 11.8 Å². The van der Waals surface area contributed by atoms with E-state index in [2.05, 4.69) is 35.5 Å². The molecule has 0 spiro atoms. The van der Waals surface area contributed by atoms with E-state index in [1.54, 1.807) is 18.6 Å². The zero-order valence-electron chi connectivity index (χ0n) is 12.9. The van der Waals surface area contributed by atoms with E-state index >= 15 is 0 Å². The van der Waals surface area contributed by atoms with E-state index in [0.29, 0.717) is 23.9 Å². The molecule has 0 saturated carbocycles. The fourth-order valence-electron chi connectivity index (χ4n) is 1.85. The van der Waals surface area contributed by atoms with Gasteiger partial charge in [0.15, 0.2) is 0 Å². The molecular weight excluding hydrogens is 346 g/mol. The van der Waals surface area contributed by atoms with Gasteiger partial charge in [0.2, 0.25) is 11.1 Å². The number of amides is 1. The van der Waals surface area contributed by atoms with Gasteiger partial charge >= 0.3 is 0 Å². The van der Waals surface area contributed by atoms with Crippen molar-refractivity contribution < 1.29 is 4.79 Å². The van der Waals surface area contributed by atoms with Gasteiger partial charge < -0.3 is 5.32 Å². The van der Waals surface area contributed by atoms with Crippen molar-refractivity contribution in [2.45, 2.75) is 18.5 Å². The Morgan fingerprint density at radius 2 is 2.29 bits per heavy atom. The highest BCUT2D eigenvalue weighted by Gasteiger charge is 2.08. The predicted molar refractivity (Wildman–Crippen MR) is 91.7 cm³/mol. The summed E-state index contributed by atoms with van der Waals surface area (Å²) in [5.74, 6) is 0.978. The van der Waals surface area contributed by atoms with Crippen molar-refractivity contribution in [2.24, 2.45) is 0 Å². The summed E-state index contributed by atoms with van der Waals surface area (Å²) in [6.07, 6.45) is 5.63. The van der Waals surface area contributed by atoms with E-state index in [0.717, 1.165) is 22.2 Å². The molecule has 3 heterocycles. The van der Waals surface area contributed by atoms with Crippen molar-refractivity contribution >= 4 is 29.0 Å². The molecule has 0 bridgehead atoms. The Balaban J connectivity index is 1.41. The Labute approximate surface area is 146 Å². The largest absolute Gasteiger partial charge is 0.355 e. The molecule has 0 aliphatic heterocycles.